The molecule has 1 aromatic rings. The van der Waals surface area contributed by atoms with Crippen molar-refractivity contribution in [1.29, 1.82) is 0 Å². The normalized spacial score (nSPS) is 14.2. The summed E-state index contributed by atoms with van der Waals surface area (Å²) >= 11 is 5.22. The third kappa shape index (κ3) is 4.99. The number of esters is 1. The molecule has 0 aromatic heterocycles. The maximum atomic E-state index is 13.7. The van der Waals surface area contributed by atoms with E-state index >= 15 is 0 Å². The van der Waals surface area contributed by atoms with Gasteiger partial charge in [0.2, 0.25) is 15.9 Å². The van der Waals surface area contributed by atoms with Crippen LogP contribution in [0.5, 0.6) is 0 Å². The van der Waals surface area contributed by atoms with Crippen LogP contribution in [0.3, 0.4) is 0 Å². The average molecular weight is 418 g/mol. The lowest BCUT2D eigenvalue weighted by atomic mass is 10.1. The van der Waals surface area contributed by atoms with Gasteiger partial charge >= 0.3 is 17.8 Å². The average Bonchev–Trinajstić information content (AvgIpc) is 2.52. The summed E-state index contributed by atoms with van der Waals surface area (Å²) in [4.78, 5) is 23.1. The number of ether oxygens (including phenoxy) is 1. The molecule has 0 bridgehead atoms. The van der Waals surface area contributed by atoms with Crippen molar-refractivity contribution in [2.24, 2.45) is 5.14 Å². The largest absolute Gasteiger partial charge is 0.463 e. The number of rotatable bonds is 7. The maximum absolute atomic E-state index is 13.7. The van der Waals surface area contributed by atoms with Gasteiger partial charge in [0.1, 0.15) is 5.88 Å². The third-order valence-corrected chi connectivity index (χ3v) is 4.14. The maximum Gasteiger partial charge on any atom is 0.441 e. The number of nitrogens with one attached hydrogen (secondary N) is 2. The number of carbonyl (C=O) groups is 2. The van der Waals surface area contributed by atoms with Gasteiger partial charge in [-0.25, -0.2) is 18.4 Å². The summed E-state index contributed by atoms with van der Waals surface area (Å²) in [6, 6.07) is 3.72. The summed E-state index contributed by atoms with van der Waals surface area (Å²) in [5.74, 6) is -3.95. The summed E-state index contributed by atoms with van der Waals surface area (Å²) in [6.07, 6.45) is -5.32. The Morgan fingerprint density at radius 3 is 2.15 bits per heavy atom. The Balaban J connectivity index is 3.39. The van der Waals surface area contributed by atoms with Crippen LogP contribution >= 0.6 is 11.6 Å². The Labute approximate surface area is 151 Å². The summed E-state index contributed by atoms with van der Waals surface area (Å²) in [5, 5.41) is 8.21. The number of primary sulfonamides is 1. The number of benzene rings is 1. The molecule has 146 valence electrons. The van der Waals surface area contributed by atoms with Crippen molar-refractivity contribution in [2.45, 2.75) is 23.7 Å². The summed E-state index contributed by atoms with van der Waals surface area (Å²) < 4.78 is 67.8. The van der Waals surface area contributed by atoms with E-state index in [4.69, 9.17) is 16.7 Å². The van der Waals surface area contributed by atoms with Crippen LogP contribution in [0.1, 0.15) is 6.92 Å². The first-order valence-corrected chi connectivity index (χ1v) is 8.97. The molecule has 0 aliphatic heterocycles. The number of sulfonamides is 1. The number of hydrogen-bond acceptors (Lipinski definition) is 6. The second-order valence-electron chi connectivity index (χ2n) is 4.84. The van der Waals surface area contributed by atoms with Crippen LogP contribution in [0.2, 0.25) is 0 Å². The minimum absolute atomic E-state index is 0.336. The molecule has 1 atom stereocenters. The van der Waals surface area contributed by atoms with Gasteiger partial charge in [-0.3, -0.25) is 4.79 Å². The first kappa shape index (κ1) is 22.0. The molecule has 0 spiro atoms. The highest BCUT2D eigenvalue weighted by Crippen LogP contribution is 2.33. The van der Waals surface area contributed by atoms with Crippen LogP contribution in [0, 0.1) is 0 Å². The SMILES string of the molecule is CCOC(=O)C(NC(=O)CCl)(Nc1ccc(S(N)(=O)=O)cc1)C(F)(F)F. The van der Waals surface area contributed by atoms with E-state index in [-0.39, 0.29) is 17.2 Å². The van der Waals surface area contributed by atoms with Crippen molar-refractivity contribution in [3.05, 3.63) is 24.3 Å². The molecule has 0 radical (unpaired) electrons. The fraction of sp³-hybridized carbons (Fsp3) is 0.385. The van der Waals surface area contributed by atoms with E-state index < -0.39 is 39.6 Å². The zero-order chi connectivity index (χ0) is 20.2. The lowest BCUT2D eigenvalue weighted by Crippen LogP contribution is -2.69. The summed E-state index contributed by atoms with van der Waals surface area (Å²) in [7, 11) is -4.07. The second kappa shape index (κ2) is 8.10. The standard InChI is InChI=1S/C13H15ClF3N3O5S/c1-2-25-11(22)12(13(15,16)17,20-10(21)7-14)19-8-3-5-9(6-4-8)26(18,23)24/h3-6,19H,2,7H2,1H3,(H,20,21)(H2,18,23,24). The van der Waals surface area contributed by atoms with E-state index in [9.17, 15) is 31.2 Å². The molecular weight excluding hydrogens is 403 g/mol. The van der Waals surface area contributed by atoms with Gasteiger partial charge in [0.25, 0.3) is 0 Å². The first-order chi connectivity index (χ1) is 11.9. The predicted molar refractivity (Wildman–Crippen MR) is 85.7 cm³/mol. The molecule has 0 aliphatic rings. The lowest BCUT2D eigenvalue weighted by molar-refractivity contribution is -0.207. The topological polar surface area (TPSA) is 128 Å². The monoisotopic (exact) mass is 417 g/mol. The van der Waals surface area contributed by atoms with Crippen molar-refractivity contribution < 1.29 is 35.9 Å². The van der Waals surface area contributed by atoms with E-state index in [1.807, 2.05) is 5.32 Å². The summed E-state index contributed by atoms with van der Waals surface area (Å²) in [5.41, 5.74) is -3.96. The van der Waals surface area contributed by atoms with Crippen molar-refractivity contribution >= 4 is 39.2 Å². The van der Waals surface area contributed by atoms with Crippen LogP contribution in [0.4, 0.5) is 18.9 Å². The molecule has 26 heavy (non-hydrogen) atoms. The van der Waals surface area contributed by atoms with Gasteiger partial charge < -0.3 is 15.4 Å². The van der Waals surface area contributed by atoms with E-state index in [1.54, 1.807) is 0 Å². The molecule has 4 N–H and O–H groups in total. The van der Waals surface area contributed by atoms with Crippen LogP contribution in [0.15, 0.2) is 29.2 Å². The highest BCUT2D eigenvalue weighted by Gasteiger charge is 2.63. The molecule has 8 nitrogen and oxygen atoms in total. The minimum Gasteiger partial charge on any atom is -0.463 e. The fourth-order valence-corrected chi connectivity index (χ4v) is 2.40. The molecule has 1 rings (SSSR count). The molecule has 1 unspecified atom stereocenters. The van der Waals surface area contributed by atoms with Crippen molar-refractivity contribution in [3.8, 4) is 0 Å². The smallest absolute Gasteiger partial charge is 0.441 e. The zero-order valence-electron chi connectivity index (χ0n) is 13.3. The molecule has 1 aromatic carbocycles. The lowest BCUT2D eigenvalue weighted by Gasteiger charge is -2.35. The molecule has 0 saturated heterocycles. The molecule has 0 heterocycles. The number of halogens is 4. The summed E-state index contributed by atoms with van der Waals surface area (Å²) in [6.45, 7) is 0.892. The molecule has 1 amide bonds. The van der Waals surface area contributed by atoms with Crippen LogP contribution in [-0.2, 0) is 24.3 Å². The molecule has 0 aliphatic carbocycles. The Kier molecular flexibility index (Phi) is 6.85. The van der Waals surface area contributed by atoms with Crippen LogP contribution in [0.25, 0.3) is 0 Å². The molecule has 0 saturated carbocycles. The first-order valence-electron chi connectivity index (χ1n) is 6.89. The molecule has 13 heteroatoms. The highest BCUT2D eigenvalue weighted by atomic mass is 35.5. The Bertz CT molecular complexity index is 770. The van der Waals surface area contributed by atoms with Gasteiger partial charge in [-0.1, -0.05) is 0 Å². The number of amides is 1. The van der Waals surface area contributed by atoms with Crippen molar-refractivity contribution in [1.82, 2.24) is 5.32 Å². The highest BCUT2D eigenvalue weighted by molar-refractivity contribution is 7.89. The number of carbonyl (C=O) groups excluding carboxylic acids is 2. The van der Waals surface area contributed by atoms with E-state index in [0.29, 0.717) is 0 Å². The quantitative estimate of drug-likeness (QED) is 0.344. The Morgan fingerprint density at radius 2 is 1.77 bits per heavy atom. The van der Waals surface area contributed by atoms with Gasteiger partial charge in [-0.05, 0) is 31.2 Å². The van der Waals surface area contributed by atoms with Gasteiger partial charge in [0.05, 0.1) is 11.5 Å². The minimum atomic E-state index is -5.32. The van der Waals surface area contributed by atoms with Gasteiger partial charge in [0.15, 0.2) is 0 Å². The number of hydrogen-bond donors (Lipinski definition) is 3. The predicted octanol–water partition coefficient (Wildman–Crippen LogP) is 0.923. The third-order valence-electron chi connectivity index (χ3n) is 2.97. The van der Waals surface area contributed by atoms with Gasteiger partial charge in [-0.15, -0.1) is 11.6 Å². The number of anilines is 1. The second-order valence-corrected chi connectivity index (χ2v) is 6.67. The van der Waals surface area contributed by atoms with E-state index in [1.165, 1.54) is 12.2 Å². The van der Waals surface area contributed by atoms with Crippen LogP contribution in [-0.4, -0.2) is 44.6 Å². The number of nitrogens with two attached hydrogens (primary N) is 1. The van der Waals surface area contributed by atoms with Crippen molar-refractivity contribution in [2.75, 3.05) is 17.8 Å². The number of alkyl halides is 4. The fourth-order valence-electron chi connectivity index (χ4n) is 1.82. The van der Waals surface area contributed by atoms with Crippen LogP contribution < -0.4 is 15.8 Å². The molecular formula is C13H15ClF3N3O5S. The Hall–Kier alpha value is -2.05. The zero-order valence-corrected chi connectivity index (χ0v) is 14.8. The van der Waals surface area contributed by atoms with E-state index in [2.05, 4.69) is 4.74 Å². The van der Waals surface area contributed by atoms with Crippen molar-refractivity contribution in [3.63, 3.8) is 0 Å². The van der Waals surface area contributed by atoms with Gasteiger partial charge in [-0.2, -0.15) is 13.2 Å². The molecule has 0 fully saturated rings. The Morgan fingerprint density at radius 1 is 1.23 bits per heavy atom. The van der Waals surface area contributed by atoms with Gasteiger partial charge in [0, 0.05) is 5.69 Å². The van der Waals surface area contributed by atoms with E-state index in [0.717, 1.165) is 24.3 Å².